The van der Waals surface area contributed by atoms with E-state index in [0.717, 1.165) is 6.07 Å². The molecular formula is C9H9FO3. The number of hydrogen-bond acceptors (Lipinski definition) is 3. The lowest BCUT2D eigenvalue weighted by Crippen LogP contribution is -2.04. The van der Waals surface area contributed by atoms with Crippen molar-refractivity contribution in [2.75, 3.05) is 13.7 Å². The van der Waals surface area contributed by atoms with Crippen LogP contribution in [0.2, 0.25) is 0 Å². The SMILES string of the molecule is COc1ccc(C(=O)CO)cc1F. The van der Waals surface area contributed by atoms with E-state index in [1.54, 1.807) is 0 Å². The zero-order chi connectivity index (χ0) is 9.84. The summed E-state index contributed by atoms with van der Waals surface area (Å²) in [5, 5.41) is 8.50. The number of Topliss-reactive ketones (excluding diaryl/α,β-unsaturated/α-hetero) is 1. The summed E-state index contributed by atoms with van der Waals surface area (Å²) in [6.07, 6.45) is 0. The number of carbonyl (C=O) groups is 1. The van der Waals surface area contributed by atoms with Gasteiger partial charge in [0, 0.05) is 5.56 Å². The van der Waals surface area contributed by atoms with Crippen molar-refractivity contribution in [2.45, 2.75) is 0 Å². The van der Waals surface area contributed by atoms with Crippen LogP contribution in [0.1, 0.15) is 10.4 Å². The first-order chi connectivity index (χ1) is 6.19. The van der Waals surface area contributed by atoms with Gasteiger partial charge in [0.2, 0.25) is 0 Å². The molecule has 0 amide bonds. The summed E-state index contributed by atoms with van der Waals surface area (Å²) in [5.41, 5.74) is 0.140. The van der Waals surface area contributed by atoms with Crippen molar-refractivity contribution in [3.8, 4) is 5.75 Å². The molecular weight excluding hydrogens is 175 g/mol. The Balaban J connectivity index is 3.02. The van der Waals surface area contributed by atoms with Crippen molar-refractivity contribution in [2.24, 2.45) is 0 Å². The third kappa shape index (κ3) is 2.03. The molecule has 0 heterocycles. The average Bonchev–Trinajstić information content (AvgIpc) is 2.16. The fraction of sp³-hybridized carbons (Fsp3) is 0.222. The standard InChI is InChI=1S/C9H9FO3/c1-13-9-3-2-6(4-7(9)10)8(12)5-11/h2-4,11H,5H2,1H3. The van der Waals surface area contributed by atoms with E-state index in [9.17, 15) is 9.18 Å². The molecule has 1 rings (SSSR count). The molecule has 0 aliphatic carbocycles. The Morgan fingerprint density at radius 1 is 1.62 bits per heavy atom. The van der Waals surface area contributed by atoms with Gasteiger partial charge >= 0.3 is 0 Å². The lowest BCUT2D eigenvalue weighted by atomic mass is 10.1. The molecule has 0 saturated carbocycles. The monoisotopic (exact) mass is 184 g/mol. The average molecular weight is 184 g/mol. The molecule has 0 aliphatic rings. The van der Waals surface area contributed by atoms with Crippen molar-refractivity contribution in [1.29, 1.82) is 0 Å². The Labute approximate surface area is 74.8 Å². The van der Waals surface area contributed by atoms with Crippen LogP contribution in [0.5, 0.6) is 5.75 Å². The van der Waals surface area contributed by atoms with Gasteiger partial charge in [0.25, 0.3) is 0 Å². The quantitative estimate of drug-likeness (QED) is 0.713. The van der Waals surface area contributed by atoms with E-state index in [4.69, 9.17) is 5.11 Å². The topological polar surface area (TPSA) is 46.5 Å². The first-order valence-corrected chi connectivity index (χ1v) is 3.66. The molecule has 0 fully saturated rings. The summed E-state index contributed by atoms with van der Waals surface area (Å²) in [4.78, 5) is 10.9. The summed E-state index contributed by atoms with van der Waals surface area (Å²) in [7, 11) is 1.34. The molecule has 4 heteroatoms. The molecule has 0 aromatic heterocycles. The smallest absolute Gasteiger partial charge is 0.188 e. The number of rotatable bonds is 3. The number of aliphatic hydroxyl groups is 1. The summed E-state index contributed by atoms with van der Waals surface area (Å²) >= 11 is 0. The lowest BCUT2D eigenvalue weighted by molar-refractivity contribution is 0.0903. The van der Waals surface area contributed by atoms with Crippen LogP contribution in [0.15, 0.2) is 18.2 Å². The largest absolute Gasteiger partial charge is 0.494 e. The van der Waals surface area contributed by atoms with Gasteiger partial charge in [-0.25, -0.2) is 4.39 Å². The molecule has 0 bridgehead atoms. The van der Waals surface area contributed by atoms with E-state index >= 15 is 0 Å². The zero-order valence-corrected chi connectivity index (χ0v) is 7.08. The van der Waals surface area contributed by atoms with Crippen molar-refractivity contribution in [3.05, 3.63) is 29.6 Å². The molecule has 0 unspecified atom stereocenters. The molecule has 0 atom stereocenters. The van der Waals surface area contributed by atoms with Gasteiger partial charge in [-0.05, 0) is 18.2 Å². The summed E-state index contributed by atoms with van der Waals surface area (Å²) in [6.45, 7) is -0.619. The highest BCUT2D eigenvalue weighted by Gasteiger charge is 2.08. The van der Waals surface area contributed by atoms with E-state index in [2.05, 4.69) is 4.74 Å². The minimum atomic E-state index is -0.619. The number of halogens is 1. The van der Waals surface area contributed by atoms with Crippen LogP contribution >= 0.6 is 0 Å². The van der Waals surface area contributed by atoms with E-state index in [1.165, 1.54) is 19.2 Å². The molecule has 1 aromatic carbocycles. The second-order valence-electron chi connectivity index (χ2n) is 2.43. The van der Waals surface area contributed by atoms with Gasteiger partial charge in [-0.3, -0.25) is 4.79 Å². The minimum Gasteiger partial charge on any atom is -0.494 e. The summed E-state index contributed by atoms with van der Waals surface area (Å²) in [6, 6.07) is 3.79. The predicted molar refractivity (Wildman–Crippen MR) is 44.4 cm³/mol. The number of aliphatic hydroxyl groups excluding tert-OH is 1. The zero-order valence-electron chi connectivity index (χ0n) is 7.08. The molecule has 70 valence electrons. The van der Waals surface area contributed by atoms with E-state index in [1.807, 2.05) is 0 Å². The second kappa shape index (κ2) is 4.00. The van der Waals surface area contributed by atoms with Crippen LogP contribution in [0.25, 0.3) is 0 Å². The summed E-state index contributed by atoms with van der Waals surface area (Å²) < 4.78 is 17.7. The van der Waals surface area contributed by atoms with Crippen molar-refractivity contribution in [3.63, 3.8) is 0 Å². The van der Waals surface area contributed by atoms with Crippen molar-refractivity contribution < 1.29 is 19.0 Å². The van der Waals surface area contributed by atoms with Gasteiger partial charge in [-0.1, -0.05) is 0 Å². The van der Waals surface area contributed by atoms with E-state index in [0.29, 0.717) is 0 Å². The first kappa shape index (κ1) is 9.67. The van der Waals surface area contributed by atoms with Crippen LogP contribution in [-0.2, 0) is 0 Å². The molecule has 0 spiro atoms. The van der Waals surface area contributed by atoms with Gasteiger partial charge in [0.1, 0.15) is 6.61 Å². The van der Waals surface area contributed by atoms with E-state index < -0.39 is 18.2 Å². The van der Waals surface area contributed by atoms with Crippen molar-refractivity contribution >= 4 is 5.78 Å². The fourth-order valence-electron chi connectivity index (χ4n) is 0.931. The number of methoxy groups -OCH3 is 1. The Kier molecular flexibility index (Phi) is 2.97. The van der Waals surface area contributed by atoms with Gasteiger partial charge in [0.15, 0.2) is 17.3 Å². The fourth-order valence-corrected chi connectivity index (χ4v) is 0.931. The Morgan fingerprint density at radius 3 is 2.77 bits per heavy atom. The van der Waals surface area contributed by atoms with Crippen molar-refractivity contribution in [1.82, 2.24) is 0 Å². The third-order valence-corrected chi connectivity index (χ3v) is 1.62. The highest BCUT2D eigenvalue weighted by atomic mass is 19.1. The van der Waals surface area contributed by atoms with Crippen LogP contribution < -0.4 is 4.74 Å². The molecule has 0 saturated heterocycles. The van der Waals surface area contributed by atoms with Crippen LogP contribution in [-0.4, -0.2) is 24.6 Å². The third-order valence-electron chi connectivity index (χ3n) is 1.62. The number of carbonyl (C=O) groups excluding carboxylic acids is 1. The van der Waals surface area contributed by atoms with Crippen LogP contribution in [0.4, 0.5) is 4.39 Å². The van der Waals surface area contributed by atoms with Gasteiger partial charge in [-0.15, -0.1) is 0 Å². The predicted octanol–water partition coefficient (Wildman–Crippen LogP) is 1.01. The maximum absolute atomic E-state index is 13.0. The minimum absolute atomic E-state index is 0.0782. The maximum Gasteiger partial charge on any atom is 0.188 e. The maximum atomic E-state index is 13.0. The van der Waals surface area contributed by atoms with E-state index in [-0.39, 0.29) is 11.3 Å². The highest BCUT2D eigenvalue weighted by Crippen LogP contribution is 2.17. The van der Waals surface area contributed by atoms with Gasteiger partial charge in [0.05, 0.1) is 7.11 Å². The van der Waals surface area contributed by atoms with Crippen LogP contribution in [0, 0.1) is 5.82 Å². The highest BCUT2D eigenvalue weighted by molar-refractivity contribution is 5.97. The Hall–Kier alpha value is -1.42. The number of hydrogen-bond donors (Lipinski definition) is 1. The van der Waals surface area contributed by atoms with Gasteiger partial charge < -0.3 is 9.84 Å². The van der Waals surface area contributed by atoms with Gasteiger partial charge in [-0.2, -0.15) is 0 Å². The molecule has 1 aromatic rings. The lowest BCUT2D eigenvalue weighted by Gasteiger charge is -2.02. The molecule has 0 radical (unpaired) electrons. The molecule has 3 nitrogen and oxygen atoms in total. The summed E-state index contributed by atoms with van der Waals surface area (Å²) in [5.74, 6) is -1.04. The molecule has 0 aliphatic heterocycles. The molecule has 13 heavy (non-hydrogen) atoms. The first-order valence-electron chi connectivity index (χ1n) is 3.66. The second-order valence-corrected chi connectivity index (χ2v) is 2.43. The molecule has 1 N–H and O–H groups in total. The normalized spacial score (nSPS) is 9.77. The Morgan fingerprint density at radius 2 is 2.31 bits per heavy atom. The number of ether oxygens (including phenoxy) is 1. The van der Waals surface area contributed by atoms with Crippen LogP contribution in [0.3, 0.4) is 0 Å². The Bertz CT molecular complexity index is 323. The number of benzene rings is 1. The number of ketones is 1.